The lowest BCUT2D eigenvalue weighted by atomic mass is 10.1. The van der Waals surface area contributed by atoms with Crippen LogP contribution >= 0.6 is 34.8 Å². The summed E-state index contributed by atoms with van der Waals surface area (Å²) < 4.78 is 23.7. The minimum absolute atomic E-state index is 0.147. The zero-order valence-electron chi connectivity index (χ0n) is 10.5. The number of halogens is 3. The molecule has 0 aliphatic rings. The fourth-order valence-corrected chi connectivity index (χ4v) is 4.08. The van der Waals surface area contributed by atoms with E-state index in [-0.39, 0.29) is 4.90 Å². The molecule has 106 valence electrons. The van der Waals surface area contributed by atoms with Gasteiger partial charge >= 0.3 is 0 Å². The van der Waals surface area contributed by atoms with Crippen LogP contribution < -0.4 is 0 Å². The third kappa shape index (κ3) is 2.82. The summed E-state index contributed by atoms with van der Waals surface area (Å²) in [4.78, 5) is 0.147. The molecule has 20 heavy (non-hydrogen) atoms. The van der Waals surface area contributed by atoms with E-state index in [0.29, 0.717) is 15.6 Å². The Hall–Kier alpha value is -0.740. The summed E-state index contributed by atoms with van der Waals surface area (Å²) in [6.07, 6.45) is 0. The van der Waals surface area contributed by atoms with Crippen LogP contribution in [0.4, 0.5) is 0 Å². The molecular weight excluding hydrogens is 339 g/mol. The van der Waals surface area contributed by atoms with Gasteiger partial charge in [-0.3, -0.25) is 0 Å². The maximum absolute atomic E-state index is 12.7. The van der Waals surface area contributed by atoms with Crippen molar-refractivity contribution >= 4 is 44.6 Å². The Balaban J connectivity index is 2.60. The molecule has 0 radical (unpaired) electrons. The van der Waals surface area contributed by atoms with E-state index < -0.39 is 14.0 Å². The van der Waals surface area contributed by atoms with E-state index in [4.69, 9.17) is 34.8 Å². The van der Waals surface area contributed by atoms with E-state index >= 15 is 0 Å². The first-order chi connectivity index (χ1) is 9.25. The molecule has 2 nitrogen and oxygen atoms in total. The maximum Gasteiger partial charge on any atom is 0.201 e. The molecule has 0 aromatic heterocycles. The highest BCUT2D eigenvalue weighted by Crippen LogP contribution is 2.40. The Morgan fingerprint density at radius 3 is 1.95 bits per heavy atom. The van der Waals surface area contributed by atoms with E-state index in [2.05, 4.69) is 0 Å². The van der Waals surface area contributed by atoms with Crippen LogP contribution in [0.5, 0.6) is 0 Å². The van der Waals surface area contributed by atoms with Crippen LogP contribution in [0, 0.1) is 0 Å². The Bertz CT molecular complexity index is 705. The van der Waals surface area contributed by atoms with Gasteiger partial charge in [-0.2, -0.15) is 0 Å². The highest BCUT2D eigenvalue weighted by atomic mass is 35.5. The van der Waals surface area contributed by atoms with Crippen molar-refractivity contribution in [3.63, 3.8) is 0 Å². The van der Waals surface area contributed by atoms with Crippen LogP contribution in [-0.4, -0.2) is 8.42 Å². The van der Waals surface area contributed by atoms with Gasteiger partial charge in [-0.15, -0.1) is 0 Å². The van der Waals surface area contributed by atoms with Gasteiger partial charge < -0.3 is 0 Å². The highest BCUT2D eigenvalue weighted by molar-refractivity contribution is 7.93. The molecule has 0 bridgehead atoms. The highest BCUT2D eigenvalue weighted by Gasteiger charge is 2.40. The molecule has 0 heterocycles. The molecule has 0 spiro atoms. The second-order valence-corrected chi connectivity index (χ2v) is 8.54. The van der Waals surface area contributed by atoms with Crippen LogP contribution in [0.15, 0.2) is 53.4 Å². The number of sulfone groups is 1. The number of rotatable bonds is 3. The zero-order chi connectivity index (χ0) is 15.0. The Morgan fingerprint density at radius 1 is 0.950 bits per heavy atom. The van der Waals surface area contributed by atoms with Crippen molar-refractivity contribution in [2.75, 3.05) is 0 Å². The van der Waals surface area contributed by atoms with E-state index in [9.17, 15) is 8.42 Å². The van der Waals surface area contributed by atoms with Crippen molar-refractivity contribution in [1.82, 2.24) is 0 Å². The van der Waals surface area contributed by atoms with E-state index in [1.807, 2.05) is 0 Å². The molecular formula is C14H11Cl3O2S. The van der Waals surface area contributed by atoms with Gasteiger partial charge in [0.25, 0.3) is 0 Å². The molecule has 0 aliphatic heterocycles. The molecule has 0 saturated heterocycles. The lowest BCUT2D eigenvalue weighted by molar-refractivity contribution is 0.579. The molecule has 2 aromatic rings. The van der Waals surface area contributed by atoms with Gasteiger partial charge in [0.1, 0.15) is 0 Å². The Kier molecular flexibility index (Phi) is 4.35. The zero-order valence-corrected chi connectivity index (χ0v) is 13.6. The lowest BCUT2D eigenvalue weighted by Crippen LogP contribution is -2.26. The van der Waals surface area contributed by atoms with Crippen LogP contribution in [0.2, 0.25) is 10.0 Å². The van der Waals surface area contributed by atoms with Gasteiger partial charge in [-0.25, -0.2) is 8.42 Å². The average Bonchev–Trinajstić information content (AvgIpc) is 2.38. The van der Waals surface area contributed by atoms with Crippen molar-refractivity contribution in [3.8, 4) is 0 Å². The lowest BCUT2D eigenvalue weighted by Gasteiger charge is -2.23. The van der Waals surface area contributed by atoms with Gasteiger partial charge in [0, 0.05) is 10.0 Å². The summed E-state index contributed by atoms with van der Waals surface area (Å²) in [6.45, 7) is 1.42. The van der Waals surface area contributed by atoms with Gasteiger partial charge in [-0.1, -0.05) is 53.0 Å². The maximum atomic E-state index is 12.7. The molecule has 2 aromatic carbocycles. The minimum Gasteiger partial charge on any atom is -0.222 e. The summed E-state index contributed by atoms with van der Waals surface area (Å²) in [6, 6.07) is 12.6. The molecule has 0 N–H and O–H groups in total. The Labute approximate surface area is 133 Å². The summed E-state index contributed by atoms with van der Waals surface area (Å²) in [7, 11) is -3.78. The Morgan fingerprint density at radius 2 is 1.45 bits per heavy atom. The van der Waals surface area contributed by atoms with Gasteiger partial charge in [0.2, 0.25) is 9.84 Å². The standard InChI is InChI=1S/C14H11Cl3O2S/c1-14(17,10-7-11(15)9-12(16)8-10)20(18,19)13-5-3-2-4-6-13/h2-9H,1H3. The van der Waals surface area contributed by atoms with Crippen LogP contribution in [-0.2, 0) is 14.0 Å². The normalized spacial score (nSPS) is 14.8. The number of hydrogen-bond donors (Lipinski definition) is 0. The van der Waals surface area contributed by atoms with Crippen LogP contribution in [0.3, 0.4) is 0 Å². The predicted octanol–water partition coefficient (Wildman–Crippen LogP) is 4.88. The van der Waals surface area contributed by atoms with Gasteiger partial charge in [0.15, 0.2) is 4.21 Å². The van der Waals surface area contributed by atoms with Gasteiger partial charge in [-0.05, 0) is 42.8 Å². The first kappa shape index (κ1) is 15.6. The first-order valence-corrected chi connectivity index (χ1v) is 8.32. The molecule has 1 unspecified atom stereocenters. The summed E-state index contributed by atoms with van der Waals surface area (Å²) >= 11 is 18.2. The summed E-state index contributed by atoms with van der Waals surface area (Å²) in [5, 5.41) is 0.672. The smallest absolute Gasteiger partial charge is 0.201 e. The van der Waals surface area contributed by atoms with Gasteiger partial charge in [0.05, 0.1) is 4.90 Å². The molecule has 2 rings (SSSR count). The topological polar surface area (TPSA) is 34.1 Å². The van der Waals surface area contributed by atoms with E-state index in [1.165, 1.54) is 37.3 Å². The van der Waals surface area contributed by atoms with Crippen molar-refractivity contribution in [3.05, 3.63) is 64.1 Å². The van der Waals surface area contributed by atoms with Crippen LogP contribution in [0.25, 0.3) is 0 Å². The predicted molar refractivity (Wildman–Crippen MR) is 83.3 cm³/mol. The second-order valence-electron chi connectivity index (χ2n) is 4.39. The summed E-state index contributed by atoms with van der Waals surface area (Å²) in [5.41, 5.74) is 0.334. The number of benzene rings is 2. The van der Waals surface area contributed by atoms with Crippen molar-refractivity contribution < 1.29 is 8.42 Å². The largest absolute Gasteiger partial charge is 0.222 e. The third-order valence-electron chi connectivity index (χ3n) is 2.94. The summed E-state index contributed by atoms with van der Waals surface area (Å²) in [5.74, 6) is 0. The fraction of sp³-hybridized carbons (Fsp3) is 0.143. The van der Waals surface area contributed by atoms with Crippen molar-refractivity contribution in [2.45, 2.75) is 16.0 Å². The first-order valence-electron chi connectivity index (χ1n) is 5.70. The fourth-order valence-electron chi connectivity index (χ4n) is 1.79. The van der Waals surface area contributed by atoms with E-state index in [1.54, 1.807) is 18.2 Å². The third-order valence-corrected chi connectivity index (χ3v) is 6.34. The molecule has 0 aliphatic carbocycles. The quantitative estimate of drug-likeness (QED) is 0.740. The van der Waals surface area contributed by atoms with Crippen molar-refractivity contribution in [1.29, 1.82) is 0 Å². The monoisotopic (exact) mass is 348 g/mol. The number of alkyl halides is 1. The SMILES string of the molecule is CC(Cl)(c1cc(Cl)cc(Cl)c1)S(=O)(=O)c1ccccc1. The molecule has 0 fully saturated rings. The minimum atomic E-state index is -3.78. The van der Waals surface area contributed by atoms with Crippen LogP contribution in [0.1, 0.15) is 12.5 Å². The number of hydrogen-bond acceptors (Lipinski definition) is 2. The molecule has 0 saturated carbocycles. The van der Waals surface area contributed by atoms with E-state index in [0.717, 1.165) is 0 Å². The molecule has 6 heteroatoms. The molecule has 1 atom stereocenters. The molecule has 0 amide bonds. The van der Waals surface area contributed by atoms with Crippen molar-refractivity contribution in [2.24, 2.45) is 0 Å². The average molecular weight is 350 g/mol. The second kappa shape index (κ2) is 5.57.